The number of carboxylic acids is 1. The molecular weight excluding hydrogens is 1170 g/mol. The van der Waals surface area contributed by atoms with E-state index in [1.54, 1.807) is 0 Å². The fourth-order valence-corrected chi connectivity index (χ4v) is 9.43. The molecule has 0 spiro atoms. The van der Waals surface area contributed by atoms with Gasteiger partial charge in [0.2, 0.25) is 0 Å². The molecule has 0 aliphatic carbocycles. The van der Waals surface area contributed by atoms with Crippen LogP contribution >= 0.6 is 0 Å². The average molecular weight is 1310 g/mol. The van der Waals surface area contributed by atoms with Crippen molar-refractivity contribution in [3.63, 3.8) is 0 Å². The summed E-state index contributed by atoms with van der Waals surface area (Å²) < 4.78 is 23.0. The van der Waals surface area contributed by atoms with Crippen LogP contribution in [-0.4, -0.2) is 87.4 Å². The minimum Gasteiger partial charge on any atom is -0.477 e. The summed E-state index contributed by atoms with van der Waals surface area (Å²) in [7, 11) is 5.96. The normalized spacial score (nSPS) is 13.9. The summed E-state index contributed by atoms with van der Waals surface area (Å²) in [5, 5.41) is 9.76. The summed E-state index contributed by atoms with van der Waals surface area (Å²) in [5.41, 5.74) is 0. The Morgan fingerprint density at radius 1 is 0.316 bits per heavy atom. The smallest absolute Gasteiger partial charge is 0.361 e. The lowest BCUT2D eigenvalue weighted by Crippen LogP contribution is -2.40. The summed E-state index contributed by atoms with van der Waals surface area (Å²) in [5.74, 6) is -2.05. The molecule has 0 radical (unpaired) electrons. The predicted octanol–water partition coefficient (Wildman–Crippen LogP) is 23.9. The molecule has 0 aromatic heterocycles. The zero-order chi connectivity index (χ0) is 69.0. The third-order valence-corrected chi connectivity index (χ3v) is 15.0. The van der Waals surface area contributed by atoms with E-state index in [1.165, 1.54) is 64.2 Å². The quantitative estimate of drug-likeness (QED) is 0.0211. The van der Waals surface area contributed by atoms with E-state index >= 15 is 0 Å². The van der Waals surface area contributed by atoms with Crippen molar-refractivity contribution < 1.29 is 42.9 Å². The fourth-order valence-electron chi connectivity index (χ4n) is 9.43. The van der Waals surface area contributed by atoms with E-state index in [0.717, 1.165) is 161 Å². The number of esters is 2. The molecule has 0 saturated heterocycles. The first-order chi connectivity index (χ1) is 46.6. The minimum absolute atomic E-state index is 0.172. The second kappa shape index (κ2) is 73.7. The van der Waals surface area contributed by atoms with E-state index in [-0.39, 0.29) is 38.6 Å². The molecule has 0 saturated carbocycles. The molecule has 0 aliphatic rings. The Morgan fingerprint density at radius 3 is 0.842 bits per heavy atom. The monoisotopic (exact) mass is 1310 g/mol. The van der Waals surface area contributed by atoms with Crippen molar-refractivity contribution in [2.24, 2.45) is 0 Å². The maximum atomic E-state index is 13.0. The van der Waals surface area contributed by atoms with Gasteiger partial charge >= 0.3 is 17.9 Å². The van der Waals surface area contributed by atoms with Crippen LogP contribution in [0.2, 0.25) is 0 Å². The fraction of sp³-hybridized carbons (Fsp3) is 0.570. The molecule has 1 N–H and O–H groups in total. The summed E-state index contributed by atoms with van der Waals surface area (Å²) in [4.78, 5) is 37.7. The molecule has 0 fully saturated rings. The Morgan fingerprint density at radius 2 is 0.568 bits per heavy atom. The third kappa shape index (κ3) is 75.1. The number of unbranched alkanes of at least 4 members (excludes halogenated alkanes) is 17. The number of carbonyl (C=O) groups is 3. The van der Waals surface area contributed by atoms with Gasteiger partial charge in [-0.2, -0.15) is 0 Å². The number of carbonyl (C=O) groups excluding carboxylic acids is 2. The van der Waals surface area contributed by atoms with Crippen molar-refractivity contribution >= 4 is 17.9 Å². The van der Waals surface area contributed by atoms with Gasteiger partial charge in [0.05, 0.1) is 34.4 Å². The Balaban J connectivity index is 4.22. The highest BCUT2D eigenvalue weighted by molar-refractivity contribution is 5.71. The number of hydrogen-bond acceptors (Lipinski definition) is 7. The number of allylic oxidation sites excluding steroid dienone is 34. The zero-order valence-corrected chi connectivity index (χ0v) is 60.7. The van der Waals surface area contributed by atoms with Gasteiger partial charge in [-0.05, 0) is 148 Å². The van der Waals surface area contributed by atoms with Gasteiger partial charge in [0.15, 0.2) is 6.10 Å². The van der Waals surface area contributed by atoms with Crippen LogP contribution in [0.5, 0.6) is 0 Å². The lowest BCUT2D eigenvalue weighted by atomic mass is 10.0. The third-order valence-electron chi connectivity index (χ3n) is 15.0. The van der Waals surface area contributed by atoms with Gasteiger partial charge < -0.3 is 28.5 Å². The first-order valence-electron chi connectivity index (χ1n) is 37.2. The highest BCUT2D eigenvalue weighted by atomic mass is 16.7. The van der Waals surface area contributed by atoms with Gasteiger partial charge in [0, 0.05) is 12.8 Å². The number of aliphatic carboxylic acids is 1. The molecule has 0 aromatic carbocycles. The maximum Gasteiger partial charge on any atom is 0.361 e. The van der Waals surface area contributed by atoms with Crippen LogP contribution in [0.1, 0.15) is 258 Å². The van der Waals surface area contributed by atoms with Crippen LogP contribution in [0.4, 0.5) is 0 Å². The van der Waals surface area contributed by atoms with Gasteiger partial charge in [0.25, 0.3) is 6.29 Å². The molecule has 2 atom stereocenters. The van der Waals surface area contributed by atoms with E-state index in [0.29, 0.717) is 17.4 Å². The number of quaternary nitrogens is 1. The molecule has 0 rings (SSSR count). The lowest BCUT2D eigenvalue weighted by Gasteiger charge is -2.25. The molecule has 0 amide bonds. The molecule has 2 unspecified atom stereocenters. The van der Waals surface area contributed by atoms with Crippen molar-refractivity contribution in [1.82, 2.24) is 0 Å². The maximum absolute atomic E-state index is 13.0. The first-order valence-corrected chi connectivity index (χ1v) is 37.2. The molecule has 0 heterocycles. The molecule has 9 nitrogen and oxygen atoms in total. The Kier molecular flexibility index (Phi) is 68.9. The van der Waals surface area contributed by atoms with Crippen LogP contribution in [0.15, 0.2) is 207 Å². The molecule has 9 heteroatoms. The summed E-state index contributed by atoms with van der Waals surface area (Å²) >= 11 is 0. The van der Waals surface area contributed by atoms with Crippen molar-refractivity contribution in [3.8, 4) is 0 Å². The largest absolute Gasteiger partial charge is 0.477 e. The number of nitrogens with zero attached hydrogens (tertiary/aromatic N) is 1. The average Bonchev–Trinajstić information content (AvgIpc) is 2.92. The van der Waals surface area contributed by atoms with E-state index < -0.39 is 24.3 Å². The summed E-state index contributed by atoms with van der Waals surface area (Å²) in [6.45, 7) is 4.60. The molecule has 0 aromatic rings. The lowest BCUT2D eigenvalue weighted by molar-refractivity contribution is -0.870. The SMILES string of the molecule is CC/C=C\C/C=C\C/C=C\C/C=C\C/C=C\C/C=C\C/C=C\C/C=C\C/C=C\C/C=C\C/C=C\CCCCCCCC(=O)OC(COC(=O)CCCCCCCCCCCCCC/C=C\C/C=C\C/C=C\C/C=C\C/C=C\C/C=C\CC)COC(OCC[N+](C)(C)C)C(=O)O. The number of rotatable bonds is 66. The van der Waals surface area contributed by atoms with Crippen molar-refractivity contribution in [2.75, 3.05) is 47.5 Å². The van der Waals surface area contributed by atoms with E-state index in [4.69, 9.17) is 18.9 Å². The second-order valence-corrected chi connectivity index (χ2v) is 25.1. The second-order valence-electron chi connectivity index (χ2n) is 25.1. The van der Waals surface area contributed by atoms with Crippen LogP contribution in [0.25, 0.3) is 0 Å². The van der Waals surface area contributed by atoms with Crippen molar-refractivity contribution in [3.05, 3.63) is 207 Å². The zero-order valence-electron chi connectivity index (χ0n) is 60.7. The highest BCUT2D eigenvalue weighted by Gasteiger charge is 2.25. The van der Waals surface area contributed by atoms with Gasteiger partial charge in [0.1, 0.15) is 13.2 Å². The Bertz CT molecular complexity index is 2320. The van der Waals surface area contributed by atoms with Crippen LogP contribution in [0, 0.1) is 0 Å². The summed E-state index contributed by atoms with van der Waals surface area (Å²) in [6.07, 6.45) is 112. The summed E-state index contributed by atoms with van der Waals surface area (Å²) in [6, 6.07) is 0. The number of carboxylic acid groups (broad SMARTS) is 1. The molecular formula is C86H136NO8+. The molecule has 0 bridgehead atoms. The number of likely N-dealkylation sites (N-methyl/N-ethyl adjacent to an activating group) is 1. The number of ether oxygens (including phenoxy) is 4. The molecule has 0 aliphatic heterocycles. The molecule has 95 heavy (non-hydrogen) atoms. The van der Waals surface area contributed by atoms with Gasteiger partial charge in [-0.1, -0.05) is 304 Å². The van der Waals surface area contributed by atoms with E-state index in [9.17, 15) is 19.5 Å². The highest BCUT2D eigenvalue weighted by Crippen LogP contribution is 2.15. The van der Waals surface area contributed by atoms with E-state index in [2.05, 4.69) is 220 Å². The van der Waals surface area contributed by atoms with Gasteiger partial charge in [-0.3, -0.25) is 9.59 Å². The van der Waals surface area contributed by atoms with Crippen LogP contribution in [-0.2, 0) is 33.3 Å². The number of hydrogen-bond donors (Lipinski definition) is 1. The predicted molar refractivity (Wildman–Crippen MR) is 409 cm³/mol. The standard InChI is InChI=1S/C86H135NO8/c1-6-8-10-12-14-16-18-20-22-24-26-28-30-32-34-36-38-39-40-41-42-43-44-45-47-49-51-53-55-57-59-61-63-65-67-69-71-73-75-77-84(89)95-82(81-94-86(85(90)91)92-79-78-87(3,4)5)80-93-83(88)76-74-72-70-68-66-64-62-60-58-56-54-52-50-48-46-37-35-33-31-29-27-25-23-21-19-17-15-13-11-9-7-2/h8-11,14-17,20-23,26-29,32-35,38-39,41-42,44-46,48-49,51,55,57,61,63,82,86H,6-7,12-13,18-19,24-25,30-31,36-37,40,43,47,50,52-54,56,58-60,62,64-81H2,1-5H3/p+1/b10-8-,11-9-,16-14-,17-15-,22-20-,23-21-,28-26-,29-27-,34-32-,35-33-,39-38-,42-41-,45-44-,48-46-,51-49-,57-55-,63-61-. The van der Waals surface area contributed by atoms with E-state index in [1.807, 2.05) is 21.1 Å². The topological polar surface area (TPSA) is 108 Å². The Labute approximate surface area is 582 Å². The van der Waals surface area contributed by atoms with Crippen molar-refractivity contribution in [2.45, 2.75) is 270 Å². The minimum atomic E-state index is -1.53. The van der Waals surface area contributed by atoms with Crippen LogP contribution < -0.4 is 0 Å². The Hall–Kier alpha value is -6.13. The van der Waals surface area contributed by atoms with Gasteiger partial charge in [-0.15, -0.1) is 0 Å². The van der Waals surface area contributed by atoms with Crippen molar-refractivity contribution in [1.29, 1.82) is 0 Å². The van der Waals surface area contributed by atoms with Gasteiger partial charge in [-0.25, -0.2) is 4.79 Å². The van der Waals surface area contributed by atoms with Crippen LogP contribution in [0.3, 0.4) is 0 Å². The molecule has 532 valence electrons. The first kappa shape index (κ1) is 88.9.